The van der Waals surface area contributed by atoms with Gasteiger partial charge in [0.15, 0.2) is 12.6 Å². The summed E-state index contributed by atoms with van der Waals surface area (Å²) in [4.78, 5) is 0. The van der Waals surface area contributed by atoms with Gasteiger partial charge in [0.25, 0.3) is 0 Å². The minimum atomic E-state index is 0.0859. The quantitative estimate of drug-likeness (QED) is 0.619. The van der Waals surface area contributed by atoms with Crippen molar-refractivity contribution in [2.24, 2.45) is 29.1 Å². The van der Waals surface area contributed by atoms with E-state index in [0.29, 0.717) is 17.6 Å². The van der Waals surface area contributed by atoms with Gasteiger partial charge >= 0.3 is 0 Å². The van der Waals surface area contributed by atoms with E-state index in [2.05, 4.69) is 0 Å². The average Bonchev–Trinajstić information content (AvgIpc) is 2.73. The highest BCUT2D eigenvalue weighted by molar-refractivity contribution is 5.24. The van der Waals surface area contributed by atoms with Crippen LogP contribution in [0.1, 0.15) is 25.7 Å². The normalized spacial score (nSPS) is 70.5. The number of hydrogen-bond donors (Lipinski definition) is 0. The van der Waals surface area contributed by atoms with Gasteiger partial charge in [0.1, 0.15) is 0 Å². The van der Waals surface area contributed by atoms with Crippen LogP contribution in [0.15, 0.2) is 0 Å². The second-order valence-corrected chi connectivity index (χ2v) is 6.74. The molecule has 3 heteroatoms. The van der Waals surface area contributed by atoms with E-state index < -0.39 is 0 Å². The van der Waals surface area contributed by atoms with Crippen LogP contribution >= 0.6 is 0 Å². The smallest absolute Gasteiger partial charge is 0.164 e. The lowest BCUT2D eigenvalue weighted by atomic mass is 9.75. The van der Waals surface area contributed by atoms with Gasteiger partial charge < -0.3 is 14.2 Å². The van der Waals surface area contributed by atoms with E-state index in [1.807, 2.05) is 0 Å². The Balaban J connectivity index is 1.65. The summed E-state index contributed by atoms with van der Waals surface area (Å²) in [5.74, 6) is 3.03. The van der Waals surface area contributed by atoms with Gasteiger partial charge in [-0.15, -0.1) is 0 Å². The van der Waals surface area contributed by atoms with E-state index >= 15 is 0 Å². The molecule has 6 rings (SSSR count). The zero-order valence-electron chi connectivity index (χ0n) is 9.17. The zero-order valence-corrected chi connectivity index (χ0v) is 9.17. The molecule has 16 heavy (non-hydrogen) atoms. The molecular weight excluding hydrogens is 204 g/mol. The van der Waals surface area contributed by atoms with Gasteiger partial charge in [-0.2, -0.15) is 0 Å². The van der Waals surface area contributed by atoms with Crippen LogP contribution in [0.5, 0.6) is 0 Å². The highest BCUT2D eigenvalue weighted by atomic mass is 16.8. The SMILES string of the molecule is C1CC2OC3OC4OC1C1C2C3C2(CC2)C41. The molecule has 86 valence electrons. The van der Waals surface area contributed by atoms with Crippen molar-refractivity contribution in [3.8, 4) is 0 Å². The monoisotopic (exact) mass is 220 g/mol. The van der Waals surface area contributed by atoms with E-state index in [1.54, 1.807) is 0 Å². The molecule has 0 N–H and O–H groups in total. The topological polar surface area (TPSA) is 27.7 Å². The molecule has 3 aliphatic heterocycles. The molecule has 2 bridgehead atoms. The molecule has 6 aliphatic rings. The van der Waals surface area contributed by atoms with Gasteiger partial charge in [0, 0.05) is 11.8 Å². The summed E-state index contributed by atoms with van der Waals surface area (Å²) in [5.41, 5.74) is 0.594. The third-order valence-corrected chi connectivity index (χ3v) is 6.50. The van der Waals surface area contributed by atoms with Crippen molar-refractivity contribution >= 4 is 0 Å². The van der Waals surface area contributed by atoms with Crippen LogP contribution < -0.4 is 0 Å². The van der Waals surface area contributed by atoms with Crippen LogP contribution in [0.4, 0.5) is 0 Å². The zero-order chi connectivity index (χ0) is 10.1. The molecular formula is C13H16O3. The van der Waals surface area contributed by atoms with E-state index in [1.165, 1.54) is 25.7 Å². The standard InChI is InChI=1S/C13H16O3/c1-2-6-8-7-5(1)14-11-9(7)13(3-4-13)10(8)12(15-6)16-11/h5-12H,1-4H2. The van der Waals surface area contributed by atoms with Crippen molar-refractivity contribution in [3.63, 3.8) is 0 Å². The summed E-state index contributed by atoms with van der Waals surface area (Å²) in [6, 6.07) is 0. The third kappa shape index (κ3) is 0.601. The molecule has 3 aliphatic carbocycles. The lowest BCUT2D eigenvalue weighted by molar-refractivity contribution is -0.285. The highest BCUT2D eigenvalue weighted by Gasteiger charge is 2.80. The van der Waals surface area contributed by atoms with Crippen LogP contribution in [-0.2, 0) is 14.2 Å². The Hall–Kier alpha value is -0.120. The van der Waals surface area contributed by atoms with Crippen molar-refractivity contribution in [2.75, 3.05) is 0 Å². The molecule has 0 aromatic carbocycles. The molecule has 8 unspecified atom stereocenters. The minimum absolute atomic E-state index is 0.0859. The summed E-state index contributed by atoms with van der Waals surface area (Å²) in [6.45, 7) is 0. The number of ether oxygens (including phenoxy) is 3. The van der Waals surface area contributed by atoms with Crippen LogP contribution in [0.2, 0.25) is 0 Å². The Morgan fingerprint density at radius 2 is 1.31 bits per heavy atom. The Morgan fingerprint density at radius 3 is 1.81 bits per heavy atom. The summed E-state index contributed by atoms with van der Waals surface area (Å²) < 4.78 is 18.4. The molecule has 3 heterocycles. The van der Waals surface area contributed by atoms with Gasteiger partial charge in [0.05, 0.1) is 12.2 Å². The number of hydrogen-bond acceptors (Lipinski definition) is 3. The maximum atomic E-state index is 6.16. The van der Waals surface area contributed by atoms with Crippen molar-refractivity contribution in [1.29, 1.82) is 0 Å². The fourth-order valence-electron chi connectivity index (χ4n) is 6.05. The molecule has 0 radical (unpaired) electrons. The Morgan fingerprint density at radius 1 is 0.750 bits per heavy atom. The molecule has 3 nitrogen and oxygen atoms in total. The maximum Gasteiger partial charge on any atom is 0.164 e. The predicted molar refractivity (Wildman–Crippen MR) is 53.3 cm³/mol. The summed E-state index contributed by atoms with van der Waals surface area (Å²) >= 11 is 0. The first kappa shape index (κ1) is 8.06. The summed E-state index contributed by atoms with van der Waals surface area (Å²) in [5, 5.41) is 0. The van der Waals surface area contributed by atoms with Crippen molar-refractivity contribution < 1.29 is 14.2 Å². The third-order valence-electron chi connectivity index (χ3n) is 6.50. The lowest BCUT2D eigenvalue weighted by Gasteiger charge is -2.37. The lowest BCUT2D eigenvalue weighted by Crippen LogP contribution is -2.43. The Kier molecular flexibility index (Phi) is 1.06. The van der Waals surface area contributed by atoms with Gasteiger partial charge in [-0.3, -0.25) is 0 Å². The first-order chi connectivity index (χ1) is 7.88. The summed E-state index contributed by atoms with van der Waals surface area (Å²) in [6.07, 6.45) is 6.42. The van der Waals surface area contributed by atoms with E-state index in [9.17, 15) is 0 Å². The van der Waals surface area contributed by atoms with Crippen LogP contribution in [0.3, 0.4) is 0 Å². The van der Waals surface area contributed by atoms with Crippen LogP contribution in [0, 0.1) is 29.1 Å². The van der Waals surface area contributed by atoms with Crippen molar-refractivity contribution in [3.05, 3.63) is 0 Å². The van der Waals surface area contributed by atoms with E-state index in [-0.39, 0.29) is 12.6 Å². The fraction of sp³-hybridized carbons (Fsp3) is 1.00. The van der Waals surface area contributed by atoms with Gasteiger partial charge in [-0.1, -0.05) is 0 Å². The number of rotatable bonds is 0. The van der Waals surface area contributed by atoms with Gasteiger partial charge in [0.2, 0.25) is 0 Å². The molecule has 3 saturated heterocycles. The molecule has 0 aromatic heterocycles. The first-order valence-corrected chi connectivity index (χ1v) is 6.85. The maximum absolute atomic E-state index is 6.16. The Bertz CT molecular complexity index is 359. The second-order valence-electron chi connectivity index (χ2n) is 6.74. The highest BCUT2D eigenvalue weighted by Crippen LogP contribution is 2.79. The van der Waals surface area contributed by atoms with Crippen LogP contribution in [-0.4, -0.2) is 24.8 Å². The van der Waals surface area contributed by atoms with Crippen LogP contribution in [0.25, 0.3) is 0 Å². The van der Waals surface area contributed by atoms with Gasteiger partial charge in [-0.25, -0.2) is 0 Å². The van der Waals surface area contributed by atoms with E-state index in [0.717, 1.165) is 23.7 Å². The van der Waals surface area contributed by atoms with Gasteiger partial charge in [-0.05, 0) is 42.9 Å². The molecule has 6 fully saturated rings. The molecule has 8 atom stereocenters. The molecule has 0 amide bonds. The molecule has 1 spiro atoms. The molecule has 3 saturated carbocycles. The van der Waals surface area contributed by atoms with Crippen molar-refractivity contribution in [1.82, 2.24) is 0 Å². The summed E-state index contributed by atoms with van der Waals surface area (Å²) in [7, 11) is 0. The molecule has 0 aromatic rings. The predicted octanol–water partition coefficient (Wildman–Crippen LogP) is 1.52. The van der Waals surface area contributed by atoms with Crippen molar-refractivity contribution in [2.45, 2.75) is 50.5 Å². The first-order valence-electron chi connectivity index (χ1n) is 6.85. The minimum Gasteiger partial charge on any atom is -0.349 e. The second kappa shape index (κ2) is 2.11. The Labute approximate surface area is 94.4 Å². The largest absolute Gasteiger partial charge is 0.349 e. The average molecular weight is 220 g/mol. The van der Waals surface area contributed by atoms with E-state index in [4.69, 9.17) is 14.2 Å². The fourth-order valence-corrected chi connectivity index (χ4v) is 6.05.